The van der Waals surface area contributed by atoms with Crippen molar-refractivity contribution in [1.29, 1.82) is 0 Å². The van der Waals surface area contributed by atoms with Crippen LogP contribution in [-0.4, -0.2) is 27.6 Å². The third-order valence-corrected chi connectivity index (χ3v) is 4.55. The van der Waals surface area contributed by atoms with Gasteiger partial charge in [-0.25, -0.2) is 0 Å². The number of para-hydroxylation sites is 1. The van der Waals surface area contributed by atoms with Crippen LogP contribution in [-0.2, 0) is 4.79 Å². The summed E-state index contributed by atoms with van der Waals surface area (Å²) < 4.78 is 5.43. The molecule has 126 valence electrons. The van der Waals surface area contributed by atoms with Crippen molar-refractivity contribution < 1.29 is 9.32 Å². The number of carbonyl (C=O) groups excluding carboxylic acids is 1. The minimum atomic E-state index is -0.0931. The van der Waals surface area contributed by atoms with E-state index in [9.17, 15) is 4.79 Å². The Morgan fingerprint density at radius 2 is 1.96 bits per heavy atom. The molecule has 1 aliphatic rings. The number of aryl methyl sites for hydroxylation is 2. The van der Waals surface area contributed by atoms with Crippen LogP contribution in [0.25, 0.3) is 11.4 Å². The highest BCUT2D eigenvalue weighted by Gasteiger charge is 2.36. The predicted molar refractivity (Wildman–Crippen MR) is 93.2 cm³/mol. The van der Waals surface area contributed by atoms with Crippen molar-refractivity contribution in [2.45, 2.75) is 26.2 Å². The minimum absolute atomic E-state index is 0.0866. The summed E-state index contributed by atoms with van der Waals surface area (Å²) in [6, 6.07) is 9.76. The van der Waals surface area contributed by atoms with Gasteiger partial charge in [0.15, 0.2) is 0 Å². The third-order valence-electron chi connectivity index (χ3n) is 4.55. The van der Waals surface area contributed by atoms with Gasteiger partial charge in [0.1, 0.15) is 0 Å². The summed E-state index contributed by atoms with van der Waals surface area (Å²) in [5, 5.41) is 4.03. The number of hydrogen-bond acceptors (Lipinski definition) is 5. The number of amides is 1. The molecule has 0 radical (unpaired) electrons. The number of anilines is 1. The molecule has 4 rings (SSSR count). The molecule has 1 atom stereocenters. The number of hydrogen-bond donors (Lipinski definition) is 0. The molecule has 1 aromatic carbocycles. The van der Waals surface area contributed by atoms with E-state index in [1.54, 1.807) is 12.4 Å². The highest BCUT2D eigenvalue weighted by atomic mass is 16.5. The van der Waals surface area contributed by atoms with Gasteiger partial charge in [0.25, 0.3) is 0 Å². The summed E-state index contributed by atoms with van der Waals surface area (Å²) >= 11 is 0. The van der Waals surface area contributed by atoms with E-state index >= 15 is 0 Å². The van der Waals surface area contributed by atoms with Gasteiger partial charge in [-0.2, -0.15) is 4.98 Å². The summed E-state index contributed by atoms with van der Waals surface area (Å²) in [6.45, 7) is 4.60. The van der Waals surface area contributed by atoms with E-state index in [-0.39, 0.29) is 11.8 Å². The van der Waals surface area contributed by atoms with Crippen LogP contribution in [0.15, 0.2) is 47.2 Å². The molecule has 1 amide bonds. The molecule has 0 spiro atoms. The molecule has 0 saturated carbocycles. The van der Waals surface area contributed by atoms with E-state index in [4.69, 9.17) is 4.52 Å². The second-order valence-electron chi connectivity index (χ2n) is 6.34. The molecule has 1 aliphatic heterocycles. The van der Waals surface area contributed by atoms with Crippen LogP contribution in [0.3, 0.4) is 0 Å². The molecule has 25 heavy (non-hydrogen) atoms. The first-order valence-corrected chi connectivity index (χ1v) is 8.24. The topological polar surface area (TPSA) is 72.1 Å². The lowest BCUT2D eigenvalue weighted by atomic mass is 10.1. The molecule has 0 aliphatic carbocycles. The Morgan fingerprint density at radius 1 is 1.16 bits per heavy atom. The predicted octanol–water partition coefficient (Wildman–Crippen LogP) is 3.27. The first-order chi connectivity index (χ1) is 12.1. The van der Waals surface area contributed by atoms with Crippen molar-refractivity contribution in [3.05, 3.63) is 59.7 Å². The van der Waals surface area contributed by atoms with E-state index in [0.29, 0.717) is 24.7 Å². The fourth-order valence-electron chi connectivity index (χ4n) is 3.33. The monoisotopic (exact) mass is 334 g/mol. The standard InChI is InChI=1S/C19H18N4O2/c1-12-5-3-6-13(2)17(12)23-11-15(9-16(23)24)19-21-18(22-25-19)14-7-4-8-20-10-14/h3-8,10,15H,9,11H2,1-2H3. The van der Waals surface area contributed by atoms with Gasteiger partial charge in [0, 0.05) is 36.6 Å². The highest BCUT2D eigenvalue weighted by molar-refractivity contribution is 5.97. The summed E-state index contributed by atoms with van der Waals surface area (Å²) in [5.41, 5.74) is 3.97. The molecular weight excluding hydrogens is 316 g/mol. The summed E-state index contributed by atoms with van der Waals surface area (Å²) in [4.78, 5) is 22.9. The Kier molecular flexibility index (Phi) is 3.80. The number of benzene rings is 1. The van der Waals surface area contributed by atoms with Crippen molar-refractivity contribution in [2.75, 3.05) is 11.4 Å². The molecule has 1 fully saturated rings. The quantitative estimate of drug-likeness (QED) is 0.735. The molecule has 6 heteroatoms. The largest absolute Gasteiger partial charge is 0.339 e. The molecule has 3 heterocycles. The Labute approximate surface area is 145 Å². The van der Waals surface area contributed by atoms with E-state index in [1.165, 1.54) is 0 Å². The molecular formula is C19H18N4O2. The van der Waals surface area contributed by atoms with E-state index in [2.05, 4.69) is 15.1 Å². The zero-order valence-electron chi connectivity index (χ0n) is 14.1. The second-order valence-corrected chi connectivity index (χ2v) is 6.34. The zero-order chi connectivity index (χ0) is 17.4. The van der Waals surface area contributed by atoms with Crippen molar-refractivity contribution in [3.8, 4) is 11.4 Å². The van der Waals surface area contributed by atoms with Crippen LogP contribution in [0.5, 0.6) is 0 Å². The first-order valence-electron chi connectivity index (χ1n) is 8.24. The van der Waals surface area contributed by atoms with E-state index < -0.39 is 0 Å². The molecule has 6 nitrogen and oxygen atoms in total. The summed E-state index contributed by atoms with van der Waals surface area (Å²) in [5.74, 6) is 0.995. The lowest BCUT2D eigenvalue weighted by Gasteiger charge is -2.21. The Morgan fingerprint density at radius 3 is 2.68 bits per heavy atom. The molecule has 2 aromatic heterocycles. The van der Waals surface area contributed by atoms with Crippen LogP contribution in [0, 0.1) is 13.8 Å². The fourth-order valence-corrected chi connectivity index (χ4v) is 3.33. The van der Waals surface area contributed by atoms with Crippen LogP contribution in [0.4, 0.5) is 5.69 Å². The zero-order valence-corrected chi connectivity index (χ0v) is 14.1. The van der Waals surface area contributed by atoms with Crippen LogP contribution in [0.1, 0.15) is 29.4 Å². The summed E-state index contributed by atoms with van der Waals surface area (Å²) in [7, 11) is 0. The maximum atomic E-state index is 12.6. The Bertz CT molecular complexity index is 900. The molecule has 1 saturated heterocycles. The fraction of sp³-hybridized carbons (Fsp3) is 0.263. The van der Waals surface area contributed by atoms with Gasteiger partial charge in [-0.3, -0.25) is 9.78 Å². The molecule has 0 bridgehead atoms. The van der Waals surface area contributed by atoms with Gasteiger partial charge >= 0.3 is 0 Å². The number of pyridine rings is 1. The SMILES string of the molecule is Cc1cccc(C)c1N1CC(c2nc(-c3cccnc3)no2)CC1=O. The van der Waals surface area contributed by atoms with Gasteiger partial charge in [0.2, 0.25) is 17.6 Å². The van der Waals surface area contributed by atoms with E-state index in [1.807, 2.05) is 49.1 Å². The normalized spacial score (nSPS) is 17.3. The van der Waals surface area contributed by atoms with Crippen LogP contribution < -0.4 is 4.90 Å². The lowest BCUT2D eigenvalue weighted by molar-refractivity contribution is -0.117. The van der Waals surface area contributed by atoms with Gasteiger partial charge in [-0.1, -0.05) is 23.4 Å². The van der Waals surface area contributed by atoms with Crippen molar-refractivity contribution in [1.82, 2.24) is 15.1 Å². The Balaban J connectivity index is 1.60. The number of carbonyl (C=O) groups is 1. The average molecular weight is 334 g/mol. The second kappa shape index (κ2) is 6.12. The first kappa shape index (κ1) is 15.5. The van der Waals surface area contributed by atoms with Crippen LogP contribution in [0.2, 0.25) is 0 Å². The maximum absolute atomic E-state index is 12.6. The third kappa shape index (κ3) is 2.80. The maximum Gasteiger partial charge on any atom is 0.232 e. The summed E-state index contributed by atoms with van der Waals surface area (Å²) in [6.07, 6.45) is 3.77. The number of aromatic nitrogens is 3. The number of rotatable bonds is 3. The minimum Gasteiger partial charge on any atom is -0.339 e. The smallest absolute Gasteiger partial charge is 0.232 e. The highest BCUT2D eigenvalue weighted by Crippen LogP contribution is 2.35. The number of nitrogens with zero attached hydrogens (tertiary/aromatic N) is 4. The molecule has 3 aromatic rings. The lowest BCUT2D eigenvalue weighted by Crippen LogP contribution is -2.26. The molecule has 1 unspecified atom stereocenters. The van der Waals surface area contributed by atoms with Gasteiger partial charge in [0.05, 0.1) is 5.92 Å². The van der Waals surface area contributed by atoms with Crippen LogP contribution >= 0.6 is 0 Å². The van der Waals surface area contributed by atoms with Crippen molar-refractivity contribution in [2.24, 2.45) is 0 Å². The van der Waals surface area contributed by atoms with E-state index in [0.717, 1.165) is 22.4 Å². The molecule has 0 N–H and O–H groups in total. The van der Waals surface area contributed by atoms with Crippen molar-refractivity contribution in [3.63, 3.8) is 0 Å². The van der Waals surface area contributed by atoms with Crippen molar-refractivity contribution >= 4 is 11.6 Å². The van der Waals surface area contributed by atoms with Gasteiger partial charge in [-0.05, 0) is 37.1 Å². The Hall–Kier alpha value is -3.02. The van der Waals surface area contributed by atoms with Gasteiger partial charge in [-0.15, -0.1) is 0 Å². The van der Waals surface area contributed by atoms with Gasteiger partial charge < -0.3 is 9.42 Å². The average Bonchev–Trinajstić information content (AvgIpc) is 3.23.